The van der Waals surface area contributed by atoms with Gasteiger partial charge in [-0.1, -0.05) is 42.5 Å². The van der Waals surface area contributed by atoms with Gasteiger partial charge in [-0.25, -0.2) is 13.2 Å². The summed E-state index contributed by atoms with van der Waals surface area (Å²) in [5.74, 6) is -1.33. The lowest BCUT2D eigenvalue weighted by molar-refractivity contribution is -0.385. The number of carbonyl (C=O) groups is 1. The number of non-ortho nitro benzene ring substituents is 1. The van der Waals surface area contributed by atoms with Crippen molar-refractivity contribution in [1.29, 1.82) is 0 Å². The summed E-state index contributed by atoms with van der Waals surface area (Å²) in [7, 11) is -4.41. The van der Waals surface area contributed by atoms with Gasteiger partial charge in [-0.15, -0.1) is 0 Å². The lowest BCUT2D eigenvalue weighted by Gasteiger charge is -2.13. The summed E-state index contributed by atoms with van der Waals surface area (Å²) in [6.45, 7) is 0. The molecule has 10 nitrogen and oxygen atoms in total. The zero-order valence-corrected chi connectivity index (χ0v) is 16.6. The number of carboxylic acids is 1. The molecule has 3 aromatic rings. The van der Waals surface area contributed by atoms with Gasteiger partial charge in [0.2, 0.25) is 0 Å². The van der Waals surface area contributed by atoms with Crippen LogP contribution < -0.4 is 10.1 Å². The molecule has 0 radical (unpaired) electrons. The van der Waals surface area contributed by atoms with Gasteiger partial charge in [0.1, 0.15) is 4.90 Å². The van der Waals surface area contributed by atoms with Crippen LogP contribution in [0.3, 0.4) is 0 Å². The van der Waals surface area contributed by atoms with E-state index in [1.165, 1.54) is 36.5 Å². The summed E-state index contributed by atoms with van der Waals surface area (Å²) >= 11 is 0. The Morgan fingerprint density at radius 3 is 2.35 bits per heavy atom. The quantitative estimate of drug-likeness (QED) is 0.275. The highest BCUT2D eigenvalue weighted by Crippen LogP contribution is 2.29. The fourth-order valence-electron chi connectivity index (χ4n) is 2.61. The van der Waals surface area contributed by atoms with Crippen molar-refractivity contribution in [3.63, 3.8) is 0 Å². The number of rotatable bonds is 8. The van der Waals surface area contributed by atoms with Crippen LogP contribution in [0.4, 0.5) is 17.1 Å². The molecule has 0 aliphatic carbocycles. The molecule has 3 N–H and O–H groups in total. The van der Waals surface area contributed by atoms with Gasteiger partial charge in [0.25, 0.3) is 15.7 Å². The predicted octanol–water partition coefficient (Wildman–Crippen LogP) is 3.54. The molecule has 0 saturated heterocycles. The van der Waals surface area contributed by atoms with Crippen molar-refractivity contribution >= 4 is 39.3 Å². The number of hydrazone groups is 1. The first-order valence-corrected chi connectivity index (χ1v) is 10.2. The SMILES string of the molecule is O=C(O)c1ccccc1NS(=O)(=O)c1cc([N+](=O)[O-])ccc1NN=Cc1ccccc1. The minimum atomic E-state index is -4.41. The zero-order valence-electron chi connectivity index (χ0n) is 15.8. The number of hydrogen-bond acceptors (Lipinski definition) is 7. The summed E-state index contributed by atoms with van der Waals surface area (Å²) < 4.78 is 28.1. The molecule has 0 aromatic heterocycles. The van der Waals surface area contributed by atoms with Crippen LogP contribution in [0.1, 0.15) is 15.9 Å². The Kier molecular flexibility index (Phi) is 6.26. The van der Waals surface area contributed by atoms with Crippen molar-refractivity contribution in [3.05, 3.63) is 94.0 Å². The molecule has 11 heteroatoms. The van der Waals surface area contributed by atoms with E-state index in [-0.39, 0.29) is 16.9 Å². The number of nitro benzene ring substituents is 1. The third-order valence-electron chi connectivity index (χ3n) is 4.07. The lowest BCUT2D eigenvalue weighted by atomic mass is 10.2. The van der Waals surface area contributed by atoms with Crippen LogP contribution >= 0.6 is 0 Å². The largest absolute Gasteiger partial charge is 0.478 e. The molecule has 0 saturated carbocycles. The van der Waals surface area contributed by atoms with E-state index in [1.54, 1.807) is 24.3 Å². The second-order valence-corrected chi connectivity index (χ2v) is 7.83. The summed E-state index contributed by atoms with van der Waals surface area (Å²) in [5, 5.41) is 24.4. The monoisotopic (exact) mass is 440 g/mol. The van der Waals surface area contributed by atoms with Crippen molar-refractivity contribution in [2.45, 2.75) is 4.90 Å². The second kappa shape index (κ2) is 9.05. The third-order valence-corrected chi connectivity index (χ3v) is 5.47. The third kappa shape index (κ3) is 5.22. The van der Waals surface area contributed by atoms with Crippen LogP contribution in [0.25, 0.3) is 0 Å². The molecule has 0 aliphatic heterocycles. The Hall–Kier alpha value is -4.25. The van der Waals surface area contributed by atoms with Gasteiger partial charge < -0.3 is 5.11 Å². The fourth-order valence-corrected chi connectivity index (χ4v) is 3.87. The molecular formula is C20H16N4O6S. The number of carboxylic acid groups (broad SMARTS) is 1. The molecule has 0 unspecified atom stereocenters. The van der Waals surface area contributed by atoms with Crippen molar-refractivity contribution in [3.8, 4) is 0 Å². The summed E-state index contributed by atoms with van der Waals surface area (Å²) in [6, 6.07) is 17.6. The number of anilines is 2. The molecule has 0 bridgehead atoms. The highest BCUT2D eigenvalue weighted by atomic mass is 32.2. The van der Waals surface area contributed by atoms with Crippen molar-refractivity contribution in [1.82, 2.24) is 0 Å². The smallest absolute Gasteiger partial charge is 0.337 e. The number of nitrogens with one attached hydrogen (secondary N) is 2. The van der Waals surface area contributed by atoms with Crippen molar-refractivity contribution in [2.75, 3.05) is 10.1 Å². The Bertz CT molecular complexity index is 1260. The molecule has 158 valence electrons. The molecule has 3 aromatic carbocycles. The van der Waals surface area contributed by atoms with E-state index in [0.29, 0.717) is 0 Å². The predicted molar refractivity (Wildman–Crippen MR) is 115 cm³/mol. The number of nitrogens with zero attached hydrogens (tertiary/aromatic N) is 2. The normalized spacial score (nSPS) is 11.2. The van der Waals surface area contributed by atoms with E-state index < -0.39 is 31.5 Å². The van der Waals surface area contributed by atoms with E-state index in [2.05, 4.69) is 15.2 Å². The van der Waals surface area contributed by atoms with Crippen molar-refractivity contribution in [2.24, 2.45) is 5.10 Å². The van der Waals surface area contributed by atoms with Gasteiger partial charge in [0.15, 0.2) is 0 Å². The molecule has 0 aliphatic rings. The highest BCUT2D eigenvalue weighted by molar-refractivity contribution is 7.93. The Balaban J connectivity index is 1.99. The van der Waals surface area contributed by atoms with Crippen LogP contribution in [0.2, 0.25) is 0 Å². The van der Waals surface area contributed by atoms with E-state index in [1.807, 2.05) is 6.07 Å². The first-order chi connectivity index (χ1) is 14.8. The number of hydrogen-bond donors (Lipinski definition) is 3. The number of aromatic carboxylic acids is 1. The number of nitro groups is 1. The molecule has 0 amide bonds. The van der Waals surface area contributed by atoms with Crippen LogP contribution in [0.15, 0.2) is 82.8 Å². The number of para-hydroxylation sites is 1. The minimum absolute atomic E-state index is 0.0295. The van der Waals surface area contributed by atoms with Gasteiger partial charge in [0.05, 0.1) is 28.1 Å². The van der Waals surface area contributed by atoms with Gasteiger partial charge in [0, 0.05) is 12.1 Å². The highest BCUT2D eigenvalue weighted by Gasteiger charge is 2.24. The second-order valence-electron chi connectivity index (χ2n) is 6.17. The van der Waals surface area contributed by atoms with E-state index in [9.17, 15) is 28.4 Å². The zero-order chi connectivity index (χ0) is 22.4. The molecule has 0 spiro atoms. The summed E-state index contributed by atoms with van der Waals surface area (Å²) in [4.78, 5) is 21.3. The lowest BCUT2D eigenvalue weighted by Crippen LogP contribution is -2.17. The van der Waals surface area contributed by atoms with Gasteiger partial charge in [-0.05, 0) is 23.8 Å². The Morgan fingerprint density at radius 1 is 1.00 bits per heavy atom. The Labute approximate surface area is 177 Å². The Morgan fingerprint density at radius 2 is 1.68 bits per heavy atom. The standard InChI is InChI=1S/C20H16N4O6S/c25-20(26)16-8-4-5-9-17(16)23-31(29,30)19-12-15(24(27)28)10-11-18(19)22-21-13-14-6-2-1-3-7-14/h1-13,22-23H,(H,25,26). The average molecular weight is 440 g/mol. The maximum absolute atomic E-state index is 13.0. The number of benzene rings is 3. The molecule has 0 heterocycles. The van der Waals surface area contributed by atoms with Gasteiger partial charge in [-0.2, -0.15) is 5.10 Å². The molecule has 31 heavy (non-hydrogen) atoms. The van der Waals surface area contributed by atoms with E-state index in [0.717, 1.165) is 17.7 Å². The van der Waals surface area contributed by atoms with Gasteiger partial charge >= 0.3 is 5.97 Å². The average Bonchev–Trinajstić information content (AvgIpc) is 2.74. The van der Waals surface area contributed by atoms with E-state index in [4.69, 9.17) is 0 Å². The van der Waals surface area contributed by atoms with Crippen LogP contribution in [0.5, 0.6) is 0 Å². The maximum Gasteiger partial charge on any atom is 0.337 e. The van der Waals surface area contributed by atoms with Crippen LogP contribution in [-0.2, 0) is 10.0 Å². The van der Waals surface area contributed by atoms with Crippen LogP contribution in [-0.4, -0.2) is 30.6 Å². The molecule has 0 fully saturated rings. The van der Waals surface area contributed by atoms with Crippen LogP contribution in [0, 0.1) is 10.1 Å². The number of sulfonamides is 1. The minimum Gasteiger partial charge on any atom is -0.478 e. The van der Waals surface area contributed by atoms with E-state index >= 15 is 0 Å². The topological polar surface area (TPSA) is 151 Å². The summed E-state index contributed by atoms with van der Waals surface area (Å²) in [5.41, 5.74) is 2.38. The van der Waals surface area contributed by atoms with Crippen molar-refractivity contribution < 1.29 is 23.2 Å². The maximum atomic E-state index is 13.0. The first kappa shape index (κ1) is 21.5. The summed E-state index contributed by atoms with van der Waals surface area (Å²) in [6.07, 6.45) is 1.45. The van der Waals surface area contributed by atoms with Gasteiger partial charge in [-0.3, -0.25) is 20.3 Å². The first-order valence-electron chi connectivity index (χ1n) is 8.75. The molecular weight excluding hydrogens is 424 g/mol. The fraction of sp³-hybridized carbons (Fsp3) is 0. The molecule has 3 rings (SSSR count). The molecule has 0 atom stereocenters.